The van der Waals surface area contributed by atoms with Crippen molar-refractivity contribution < 1.29 is 4.79 Å². The molecule has 4 rings (SSSR count). The average molecular weight is 390 g/mol. The monoisotopic (exact) mass is 390 g/mol. The van der Waals surface area contributed by atoms with Gasteiger partial charge in [0.05, 0.1) is 11.9 Å². The Labute approximate surface area is 170 Å². The highest BCUT2D eigenvalue weighted by Crippen LogP contribution is 2.17. The third-order valence-electron chi connectivity index (χ3n) is 5.66. The number of carbonyl (C=O) groups excluding carboxylic acids is 1. The SMILES string of the molecule is CCN1CCC[C@H]1CNC(=O)c1nn(Cc2ccccc2)c(=O)c2ccccc12. The molecular formula is C23H26N4O2. The lowest BCUT2D eigenvalue weighted by Gasteiger charge is -2.23. The highest BCUT2D eigenvalue weighted by Gasteiger charge is 2.24. The molecule has 150 valence electrons. The zero-order chi connectivity index (χ0) is 20.2. The smallest absolute Gasteiger partial charge is 0.274 e. The summed E-state index contributed by atoms with van der Waals surface area (Å²) in [5, 5.41) is 8.62. The molecule has 1 fully saturated rings. The second-order valence-electron chi connectivity index (χ2n) is 7.48. The average Bonchev–Trinajstić information content (AvgIpc) is 3.22. The van der Waals surface area contributed by atoms with Gasteiger partial charge in [0.15, 0.2) is 5.69 Å². The van der Waals surface area contributed by atoms with Crippen LogP contribution in [0.2, 0.25) is 0 Å². The van der Waals surface area contributed by atoms with Gasteiger partial charge in [-0.2, -0.15) is 5.10 Å². The Morgan fingerprint density at radius 1 is 1.10 bits per heavy atom. The van der Waals surface area contributed by atoms with E-state index in [-0.39, 0.29) is 11.5 Å². The van der Waals surface area contributed by atoms with Crippen molar-refractivity contribution in [3.05, 3.63) is 76.2 Å². The molecule has 2 aromatic carbocycles. The Hall–Kier alpha value is -2.99. The maximum Gasteiger partial charge on any atom is 0.274 e. The van der Waals surface area contributed by atoms with Crippen molar-refractivity contribution in [3.63, 3.8) is 0 Å². The Balaban J connectivity index is 1.64. The summed E-state index contributed by atoms with van der Waals surface area (Å²) >= 11 is 0. The lowest BCUT2D eigenvalue weighted by Crippen LogP contribution is -2.40. The first-order chi connectivity index (χ1) is 14.2. The molecule has 0 radical (unpaired) electrons. The summed E-state index contributed by atoms with van der Waals surface area (Å²) in [6, 6.07) is 17.2. The topological polar surface area (TPSA) is 67.2 Å². The third kappa shape index (κ3) is 4.07. The molecule has 2 heterocycles. The highest BCUT2D eigenvalue weighted by atomic mass is 16.2. The maximum atomic E-state index is 13.0. The molecule has 1 aliphatic rings. The van der Waals surface area contributed by atoms with E-state index in [2.05, 4.69) is 22.2 Å². The molecule has 3 aromatic rings. The summed E-state index contributed by atoms with van der Waals surface area (Å²) in [6.07, 6.45) is 2.26. The number of nitrogens with zero attached hydrogens (tertiary/aromatic N) is 3. The summed E-state index contributed by atoms with van der Waals surface area (Å²) in [5.74, 6) is -0.231. The lowest BCUT2D eigenvalue weighted by molar-refractivity contribution is 0.0936. The van der Waals surface area contributed by atoms with Crippen LogP contribution in [0.1, 0.15) is 35.8 Å². The van der Waals surface area contributed by atoms with Gasteiger partial charge in [0, 0.05) is 18.0 Å². The summed E-state index contributed by atoms with van der Waals surface area (Å²) in [4.78, 5) is 28.3. The van der Waals surface area contributed by atoms with E-state index in [9.17, 15) is 9.59 Å². The molecule has 29 heavy (non-hydrogen) atoms. The van der Waals surface area contributed by atoms with Crippen molar-refractivity contribution in [2.24, 2.45) is 0 Å². The van der Waals surface area contributed by atoms with Gasteiger partial charge in [-0.25, -0.2) is 4.68 Å². The normalized spacial score (nSPS) is 16.9. The fourth-order valence-electron chi connectivity index (χ4n) is 4.10. The van der Waals surface area contributed by atoms with E-state index in [1.54, 1.807) is 12.1 Å². The number of likely N-dealkylation sites (N-methyl/N-ethyl adjacent to an activating group) is 1. The summed E-state index contributed by atoms with van der Waals surface area (Å²) in [5.41, 5.74) is 1.08. The molecule has 1 atom stereocenters. The Bertz CT molecular complexity index is 1060. The zero-order valence-electron chi connectivity index (χ0n) is 16.7. The van der Waals surface area contributed by atoms with Gasteiger partial charge in [0.1, 0.15) is 0 Å². The lowest BCUT2D eigenvalue weighted by atomic mass is 10.1. The molecule has 1 aliphatic heterocycles. The predicted octanol–water partition coefficient (Wildman–Crippen LogP) is 2.66. The molecule has 0 bridgehead atoms. The van der Waals surface area contributed by atoms with Crippen LogP contribution in [-0.4, -0.2) is 46.3 Å². The number of amides is 1. The highest BCUT2D eigenvalue weighted by molar-refractivity contribution is 6.04. The van der Waals surface area contributed by atoms with Gasteiger partial charge in [0.25, 0.3) is 11.5 Å². The fraction of sp³-hybridized carbons (Fsp3) is 0.348. The summed E-state index contributed by atoms with van der Waals surface area (Å²) < 4.78 is 1.39. The number of hydrogen-bond acceptors (Lipinski definition) is 4. The fourth-order valence-corrected chi connectivity index (χ4v) is 4.10. The second-order valence-corrected chi connectivity index (χ2v) is 7.48. The number of benzene rings is 2. The zero-order valence-corrected chi connectivity index (χ0v) is 16.7. The van der Waals surface area contributed by atoms with Crippen LogP contribution in [0.5, 0.6) is 0 Å². The first-order valence-electron chi connectivity index (χ1n) is 10.2. The van der Waals surface area contributed by atoms with E-state index in [4.69, 9.17) is 0 Å². The van der Waals surface area contributed by atoms with Crippen molar-refractivity contribution in [3.8, 4) is 0 Å². The Morgan fingerprint density at radius 2 is 1.83 bits per heavy atom. The molecule has 6 nitrogen and oxygen atoms in total. The van der Waals surface area contributed by atoms with Gasteiger partial charge in [0.2, 0.25) is 0 Å². The van der Waals surface area contributed by atoms with Crippen molar-refractivity contribution in [1.82, 2.24) is 20.0 Å². The Kier molecular flexibility index (Phi) is 5.71. The minimum atomic E-state index is -0.231. The number of hydrogen-bond donors (Lipinski definition) is 1. The van der Waals surface area contributed by atoms with Gasteiger partial charge >= 0.3 is 0 Å². The largest absolute Gasteiger partial charge is 0.349 e. The first-order valence-corrected chi connectivity index (χ1v) is 10.2. The molecule has 1 saturated heterocycles. The second kappa shape index (κ2) is 8.57. The molecule has 1 amide bonds. The predicted molar refractivity (Wildman–Crippen MR) is 114 cm³/mol. The van der Waals surface area contributed by atoms with Crippen LogP contribution in [0, 0.1) is 0 Å². The van der Waals surface area contributed by atoms with Gasteiger partial charge in [-0.05, 0) is 37.6 Å². The molecule has 0 spiro atoms. The standard InChI is InChI=1S/C23H26N4O2/c1-2-26-14-8-11-18(26)15-24-22(28)21-19-12-6-7-13-20(19)23(29)27(25-21)16-17-9-4-3-5-10-17/h3-7,9-10,12-13,18H,2,8,11,14-16H2,1H3,(H,24,28)/t18-/m0/s1. The molecule has 6 heteroatoms. The van der Waals surface area contributed by atoms with Crippen LogP contribution in [0.3, 0.4) is 0 Å². The third-order valence-corrected chi connectivity index (χ3v) is 5.66. The maximum absolute atomic E-state index is 13.0. The van der Waals surface area contributed by atoms with Gasteiger partial charge in [-0.3, -0.25) is 14.5 Å². The molecule has 0 saturated carbocycles. The van der Waals surface area contributed by atoms with Crippen LogP contribution in [-0.2, 0) is 6.54 Å². The van der Waals surface area contributed by atoms with Crippen LogP contribution < -0.4 is 10.9 Å². The molecular weight excluding hydrogens is 364 g/mol. The molecule has 1 N–H and O–H groups in total. The summed E-state index contributed by atoms with van der Waals surface area (Å²) in [6.45, 7) is 5.15. The van der Waals surface area contributed by atoms with E-state index in [1.165, 1.54) is 4.68 Å². The number of rotatable bonds is 6. The first kappa shape index (κ1) is 19.3. The molecule has 1 aromatic heterocycles. The molecule has 0 aliphatic carbocycles. The molecule has 0 unspecified atom stereocenters. The van der Waals surface area contributed by atoms with E-state index in [1.807, 2.05) is 42.5 Å². The van der Waals surface area contributed by atoms with Crippen molar-refractivity contribution >= 4 is 16.7 Å². The van der Waals surface area contributed by atoms with Gasteiger partial charge < -0.3 is 5.32 Å². The summed E-state index contributed by atoms with van der Waals surface area (Å²) in [7, 11) is 0. The van der Waals surface area contributed by atoms with E-state index < -0.39 is 0 Å². The quantitative estimate of drug-likeness (QED) is 0.703. The van der Waals surface area contributed by atoms with Crippen LogP contribution in [0.15, 0.2) is 59.4 Å². The van der Waals surface area contributed by atoms with Crippen molar-refractivity contribution in [1.29, 1.82) is 0 Å². The van der Waals surface area contributed by atoms with Gasteiger partial charge in [-0.1, -0.05) is 55.5 Å². The number of likely N-dealkylation sites (tertiary alicyclic amines) is 1. The number of fused-ring (bicyclic) bond motifs is 1. The van der Waals surface area contributed by atoms with E-state index >= 15 is 0 Å². The van der Waals surface area contributed by atoms with Crippen LogP contribution in [0.25, 0.3) is 10.8 Å². The van der Waals surface area contributed by atoms with Crippen molar-refractivity contribution in [2.75, 3.05) is 19.6 Å². The van der Waals surface area contributed by atoms with Crippen molar-refractivity contribution in [2.45, 2.75) is 32.4 Å². The number of nitrogens with one attached hydrogen (secondary N) is 1. The van der Waals surface area contributed by atoms with Crippen LogP contribution >= 0.6 is 0 Å². The Morgan fingerprint density at radius 3 is 2.59 bits per heavy atom. The number of carbonyl (C=O) groups is 1. The van der Waals surface area contributed by atoms with Crippen LogP contribution in [0.4, 0.5) is 0 Å². The van der Waals surface area contributed by atoms with E-state index in [0.29, 0.717) is 35.6 Å². The number of aromatic nitrogens is 2. The minimum absolute atomic E-state index is 0.186. The minimum Gasteiger partial charge on any atom is -0.349 e. The van der Waals surface area contributed by atoms with E-state index in [0.717, 1.165) is 31.5 Å². The van der Waals surface area contributed by atoms with Gasteiger partial charge in [-0.15, -0.1) is 0 Å².